The lowest BCUT2D eigenvalue weighted by atomic mass is 10.3. The Hall–Kier alpha value is -0.640. The van der Waals surface area contributed by atoms with Crippen molar-refractivity contribution in [2.45, 2.75) is 37.5 Å². The van der Waals surface area contributed by atoms with Crippen LogP contribution in [0, 0.1) is 0 Å². The Kier molecular flexibility index (Phi) is 3.01. The molecule has 0 aliphatic heterocycles. The van der Waals surface area contributed by atoms with Crippen molar-refractivity contribution in [1.29, 1.82) is 0 Å². The first-order chi connectivity index (χ1) is 6.75. The molecule has 0 amide bonds. The smallest absolute Gasteiger partial charge is 0.0749 e. The molecule has 78 valence electrons. The molecule has 0 spiro atoms. The summed E-state index contributed by atoms with van der Waals surface area (Å²) in [4.78, 5) is 0. The first-order valence-corrected chi connectivity index (χ1v) is 6.82. The molecule has 1 saturated carbocycles. The fourth-order valence-electron chi connectivity index (χ4n) is 2.03. The highest BCUT2D eigenvalue weighted by Crippen LogP contribution is 2.28. The monoisotopic (exact) mass is 212 g/mol. The van der Waals surface area contributed by atoms with Crippen LogP contribution in [0.1, 0.15) is 37.4 Å². The first-order valence-electron chi connectivity index (χ1n) is 5.10. The van der Waals surface area contributed by atoms with Gasteiger partial charge < -0.3 is 0 Å². The molecule has 1 aliphatic carbocycles. The van der Waals surface area contributed by atoms with E-state index in [1.54, 1.807) is 6.26 Å². The normalized spacial score (nSPS) is 20.1. The maximum absolute atomic E-state index is 11.0. The summed E-state index contributed by atoms with van der Waals surface area (Å²) in [6, 6.07) is 2.58. The van der Waals surface area contributed by atoms with Crippen LogP contribution in [-0.4, -0.2) is 20.2 Å². The molecule has 1 aromatic rings. The summed E-state index contributed by atoms with van der Waals surface area (Å²) in [5.74, 6) is 0.583. The van der Waals surface area contributed by atoms with E-state index in [-0.39, 0.29) is 0 Å². The van der Waals surface area contributed by atoms with Crippen LogP contribution >= 0.6 is 0 Å². The van der Waals surface area contributed by atoms with Gasteiger partial charge in [0, 0.05) is 23.3 Å². The lowest BCUT2D eigenvalue weighted by Crippen LogP contribution is -2.06. The molecule has 14 heavy (non-hydrogen) atoms. The van der Waals surface area contributed by atoms with E-state index in [4.69, 9.17) is 0 Å². The Bertz CT molecular complexity index is 329. The van der Waals surface area contributed by atoms with Gasteiger partial charge >= 0.3 is 0 Å². The van der Waals surface area contributed by atoms with Gasteiger partial charge in [0.05, 0.1) is 17.5 Å². The summed E-state index contributed by atoms with van der Waals surface area (Å²) in [6.07, 6.45) is 8.87. The van der Waals surface area contributed by atoms with Crippen LogP contribution in [0.5, 0.6) is 0 Å². The fraction of sp³-hybridized carbons (Fsp3) is 0.700. The minimum absolute atomic E-state index is 0.583. The molecule has 0 aromatic carbocycles. The molecule has 2 rings (SSSR count). The third-order valence-corrected chi connectivity index (χ3v) is 3.42. The maximum atomic E-state index is 11.0. The van der Waals surface area contributed by atoms with Gasteiger partial charge in [0.2, 0.25) is 0 Å². The second-order valence-electron chi connectivity index (χ2n) is 3.94. The summed E-state index contributed by atoms with van der Waals surface area (Å²) >= 11 is 0. The highest BCUT2D eigenvalue weighted by molar-refractivity contribution is 7.83. The van der Waals surface area contributed by atoms with E-state index in [9.17, 15) is 4.21 Å². The zero-order valence-corrected chi connectivity index (χ0v) is 9.30. The Balaban J connectivity index is 2.05. The van der Waals surface area contributed by atoms with E-state index in [1.807, 2.05) is 12.3 Å². The first kappa shape index (κ1) is 9.90. The molecule has 0 N–H and O–H groups in total. The van der Waals surface area contributed by atoms with Gasteiger partial charge in [0.15, 0.2) is 0 Å². The van der Waals surface area contributed by atoms with Crippen molar-refractivity contribution in [2.24, 2.45) is 0 Å². The Morgan fingerprint density at radius 3 is 2.93 bits per heavy atom. The molecule has 4 heteroatoms. The van der Waals surface area contributed by atoms with Gasteiger partial charge in [0.1, 0.15) is 0 Å². The number of hydrogen-bond donors (Lipinski definition) is 0. The van der Waals surface area contributed by atoms with Gasteiger partial charge in [-0.05, 0) is 18.9 Å². The van der Waals surface area contributed by atoms with Crippen molar-refractivity contribution in [1.82, 2.24) is 9.78 Å². The summed E-state index contributed by atoms with van der Waals surface area (Å²) in [7, 11) is -0.781. The summed E-state index contributed by atoms with van der Waals surface area (Å²) in [5.41, 5.74) is 0.956. The lowest BCUT2D eigenvalue weighted by Gasteiger charge is -2.08. The largest absolute Gasteiger partial charge is 0.269 e. The van der Waals surface area contributed by atoms with Crippen molar-refractivity contribution in [3.05, 3.63) is 18.0 Å². The van der Waals surface area contributed by atoms with Crippen molar-refractivity contribution in [3.63, 3.8) is 0 Å². The van der Waals surface area contributed by atoms with E-state index in [0.29, 0.717) is 11.8 Å². The molecule has 1 unspecified atom stereocenters. The Morgan fingerprint density at radius 2 is 2.29 bits per heavy atom. The van der Waals surface area contributed by atoms with Crippen molar-refractivity contribution in [2.75, 3.05) is 6.26 Å². The van der Waals surface area contributed by atoms with Crippen LogP contribution in [0.4, 0.5) is 0 Å². The van der Waals surface area contributed by atoms with Crippen LogP contribution < -0.4 is 0 Å². The number of aromatic nitrogens is 2. The number of nitrogens with zero attached hydrogens (tertiary/aromatic N) is 2. The summed E-state index contributed by atoms with van der Waals surface area (Å²) in [5, 5.41) is 4.46. The average Bonchev–Trinajstić information content (AvgIpc) is 2.69. The predicted octanol–water partition coefficient (Wildman–Crippen LogP) is 1.88. The van der Waals surface area contributed by atoms with E-state index >= 15 is 0 Å². The molecule has 0 saturated heterocycles. The Labute approximate surface area is 87.0 Å². The molecular formula is C10H16N2OS. The number of hydrogen-bond acceptors (Lipinski definition) is 2. The van der Waals surface area contributed by atoms with Crippen LogP contribution in [0.15, 0.2) is 12.3 Å². The molecule has 1 aliphatic rings. The summed E-state index contributed by atoms with van der Waals surface area (Å²) in [6.45, 7) is 0. The zero-order valence-electron chi connectivity index (χ0n) is 8.48. The van der Waals surface area contributed by atoms with E-state index < -0.39 is 10.8 Å². The van der Waals surface area contributed by atoms with Crippen LogP contribution in [-0.2, 0) is 16.6 Å². The Morgan fingerprint density at radius 1 is 1.57 bits per heavy atom. The predicted molar refractivity (Wildman–Crippen MR) is 57.5 cm³/mol. The topological polar surface area (TPSA) is 34.9 Å². The van der Waals surface area contributed by atoms with Crippen molar-refractivity contribution >= 4 is 10.8 Å². The third-order valence-electron chi connectivity index (χ3n) is 2.71. The fourth-order valence-corrected chi connectivity index (χ4v) is 2.61. The molecule has 0 bridgehead atoms. The minimum atomic E-state index is -0.781. The SMILES string of the molecule is CS(=O)Cc1ccn(C2CCCC2)n1. The molecule has 1 atom stereocenters. The average molecular weight is 212 g/mol. The van der Waals surface area contributed by atoms with Crippen molar-refractivity contribution < 1.29 is 4.21 Å². The van der Waals surface area contributed by atoms with Gasteiger partial charge in [-0.25, -0.2) is 0 Å². The molecular weight excluding hydrogens is 196 g/mol. The lowest BCUT2D eigenvalue weighted by molar-refractivity contribution is 0.464. The molecule has 1 fully saturated rings. The van der Waals surface area contributed by atoms with Gasteiger partial charge in [-0.3, -0.25) is 8.89 Å². The van der Waals surface area contributed by atoms with Crippen molar-refractivity contribution in [3.8, 4) is 0 Å². The second-order valence-corrected chi connectivity index (χ2v) is 5.38. The van der Waals surface area contributed by atoms with E-state index in [0.717, 1.165) is 5.69 Å². The van der Waals surface area contributed by atoms with Crippen LogP contribution in [0.25, 0.3) is 0 Å². The van der Waals surface area contributed by atoms with E-state index in [2.05, 4.69) is 9.78 Å². The molecule has 1 heterocycles. The standard InChI is InChI=1S/C10H16N2OS/c1-14(13)8-9-6-7-12(11-9)10-4-2-3-5-10/h6-7,10H,2-5,8H2,1H3. The second kappa shape index (κ2) is 4.26. The highest BCUT2D eigenvalue weighted by Gasteiger charge is 2.17. The van der Waals surface area contributed by atoms with Gasteiger partial charge in [-0.15, -0.1) is 0 Å². The molecule has 1 aromatic heterocycles. The minimum Gasteiger partial charge on any atom is -0.269 e. The van der Waals surface area contributed by atoms with Crippen LogP contribution in [0.2, 0.25) is 0 Å². The van der Waals surface area contributed by atoms with Crippen LogP contribution in [0.3, 0.4) is 0 Å². The third kappa shape index (κ3) is 2.23. The number of rotatable bonds is 3. The maximum Gasteiger partial charge on any atom is 0.0749 e. The van der Waals surface area contributed by atoms with E-state index in [1.165, 1.54) is 25.7 Å². The quantitative estimate of drug-likeness (QED) is 0.766. The van der Waals surface area contributed by atoms with Gasteiger partial charge in [0.25, 0.3) is 0 Å². The highest BCUT2D eigenvalue weighted by atomic mass is 32.2. The molecule has 3 nitrogen and oxygen atoms in total. The summed E-state index contributed by atoms with van der Waals surface area (Å²) < 4.78 is 13.1. The van der Waals surface area contributed by atoms with Gasteiger partial charge in [-0.2, -0.15) is 5.10 Å². The molecule has 0 radical (unpaired) electrons. The van der Waals surface area contributed by atoms with Gasteiger partial charge in [-0.1, -0.05) is 12.8 Å². The zero-order chi connectivity index (χ0) is 9.97.